The lowest BCUT2D eigenvalue weighted by Crippen LogP contribution is -2.20. The van der Waals surface area contributed by atoms with Crippen LogP contribution in [-0.2, 0) is 0 Å². The van der Waals surface area contributed by atoms with Crippen LogP contribution in [0.4, 0.5) is 0 Å². The van der Waals surface area contributed by atoms with Crippen molar-refractivity contribution in [2.75, 3.05) is 13.1 Å². The minimum atomic E-state index is -0.170. The van der Waals surface area contributed by atoms with Gasteiger partial charge in [0.2, 0.25) is 0 Å². The largest absolute Gasteiger partial charge is 0.393 e. The van der Waals surface area contributed by atoms with E-state index in [0.717, 1.165) is 19.5 Å². The molecule has 2 nitrogen and oxygen atoms in total. The average molecular weight is 197 g/mol. The monoisotopic (exact) mass is 197 g/mol. The molecule has 1 rings (SSSR count). The van der Waals surface area contributed by atoms with Gasteiger partial charge in [-0.1, -0.05) is 11.6 Å². The van der Waals surface area contributed by atoms with E-state index in [-0.39, 0.29) is 6.10 Å². The molecule has 14 heavy (non-hydrogen) atoms. The highest BCUT2D eigenvalue weighted by Gasteiger charge is 2.02. The van der Waals surface area contributed by atoms with Crippen LogP contribution in [0.3, 0.4) is 0 Å². The molecule has 0 radical (unpaired) electrons. The zero-order valence-corrected chi connectivity index (χ0v) is 9.26. The van der Waals surface area contributed by atoms with Gasteiger partial charge in [0.25, 0.3) is 0 Å². The lowest BCUT2D eigenvalue weighted by molar-refractivity contribution is 0.184. The Morgan fingerprint density at radius 3 is 2.93 bits per heavy atom. The molecule has 82 valence electrons. The number of hydrogen-bond acceptors (Lipinski definition) is 2. The topological polar surface area (TPSA) is 32.3 Å². The third-order valence-corrected chi connectivity index (χ3v) is 2.75. The first-order valence-electron chi connectivity index (χ1n) is 5.85. The fourth-order valence-electron chi connectivity index (χ4n) is 1.82. The maximum absolute atomic E-state index is 9.05. The van der Waals surface area contributed by atoms with Crippen LogP contribution in [0.1, 0.15) is 45.4 Å². The molecule has 0 saturated heterocycles. The lowest BCUT2D eigenvalue weighted by Gasteiger charge is -2.13. The van der Waals surface area contributed by atoms with Crippen LogP contribution >= 0.6 is 0 Å². The van der Waals surface area contributed by atoms with Gasteiger partial charge in [-0.2, -0.15) is 0 Å². The van der Waals surface area contributed by atoms with E-state index in [2.05, 4.69) is 11.4 Å². The second-order valence-electron chi connectivity index (χ2n) is 4.25. The predicted octanol–water partition coefficient (Wildman–Crippen LogP) is 2.24. The van der Waals surface area contributed by atoms with Crippen molar-refractivity contribution in [3.8, 4) is 0 Å². The summed E-state index contributed by atoms with van der Waals surface area (Å²) in [6.07, 6.45) is 9.62. The zero-order chi connectivity index (χ0) is 10.2. The van der Waals surface area contributed by atoms with E-state index in [0.29, 0.717) is 0 Å². The van der Waals surface area contributed by atoms with Crippen LogP contribution in [0.5, 0.6) is 0 Å². The first-order chi connectivity index (χ1) is 6.79. The minimum Gasteiger partial charge on any atom is -0.393 e. The van der Waals surface area contributed by atoms with Gasteiger partial charge in [-0.3, -0.25) is 0 Å². The van der Waals surface area contributed by atoms with E-state index in [9.17, 15) is 0 Å². The molecule has 0 aromatic rings. The summed E-state index contributed by atoms with van der Waals surface area (Å²) < 4.78 is 0. The number of aliphatic hydroxyl groups excluding tert-OH is 1. The molecule has 0 aromatic carbocycles. The third kappa shape index (κ3) is 5.40. The molecule has 0 aromatic heterocycles. The fraction of sp³-hybridized carbons (Fsp3) is 0.833. The van der Waals surface area contributed by atoms with Gasteiger partial charge in [-0.25, -0.2) is 0 Å². The van der Waals surface area contributed by atoms with Crippen molar-refractivity contribution in [3.63, 3.8) is 0 Å². The normalized spacial score (nSPS) is 19.1. The highest BCUT2D eigenvalue weighted by Crippen LogP contribution is 2.19. The molecule has 0 saturated carbocycles. The van der Waals surface area contributed by atoms with Crippen LogP contribution in [-0.4, -0.2) is 24.3 Å². The molecular weight excluding hydrogens is 174 g/mol. The van der Waals surface area contributed by atoms with E-state index >= 15 is 0 Å². The Morgan fingerprint density at radius 2 is 2.29 bits per heavy atom. The molecule has 1 aliphatic carbocycles. The first kappa shape index (κ1) is 11.7. The highest BCUT2D eigenvalue weighted by atomic mass is 16.3. The van der Waals surface area contributed by atoms with E-state index in [1.165, 1.54) is 32.1 Å². The van der Waals surface area contributed by atoms with Gasteiger partial charge < -0.3 is 10.4 Å². The summed E-state index contributed by atoms with van der Waals surface area (Å²) in [6, 6.07) is 0. The molecule has 0 amide bonds. The van der Waals surface area contributed by atoms with Gasteiger partial charge >= 0.3 is 0 Å². The second kappa shape index (κ2) is 7.02. The van der Waals surface area contributed by atoms with E-state index in [1.54, 1.807) is 5.57 Å². The summed E-state index contributed by atoms with van der Waals surface area (Å²) in [7, 11) is 0. The van der Waals surface area contributed by atoms with Crippen LogP contribution in [0.2, 0.25) is 0 Å². The number of rotatable bonds is 6. The van der Waals surface area contributed by atoms with Gasteiger partial charge in [0.1, 0.15) is 0 Å². The van der Waals surface area contributed by atoms with E-state index in [1.807, 2.05) is 6.92 Å². The van der Waals surface area contributed by atoms with Crippen molar-refractivity contribution in [2.24, 2.45) is 0 Å². The van der Waals surface area contributed by atoms with Crippen molar-refractivity contribution in [1.29, 1.82) is 0 Å². The average Bonchev–Trinajstić information content (AvgIpc) is 2.18. The van der Waals surface area contributed by atoms with Gasteiger partial charge in [-0.15, -0.1) is 0 Å². The van der Waals surface area contributed by atoms with Crippen molar-refractivity contribution >= 4 is 0 Å². The molecule has 0 fully saturated rings. The molecule has 1 atom stereocenters. The summed E-state index contributed by atoms with van der Waals surface area (Å²) in [5, 5.41) is 12.4. The smallest absolute Gasteiger partial charge is 0.0524 e. The molecular formula is C12H23NO. The quantitative estimate of drug-likeness (QED) is 0.505. The predicted molar refractivity (Wildman–Crippen MR) is 60.3 cm³/mol. The highest BCUT2D eigenvalue weighted by molar-refractivity contribution is 5.05. The molecule has 0 heterocycles. The Labute approximate surface area is 87.4 Å². The van der Waals surface area contributed by atoms with Crippen LogP contribution < -0.4 is 5.32 Å². The SMILES string of the molecule is CC(O)CCNCCC1=CCCCC1. The van der Waals surface area contributed by atoms with Gasteiger partial charge in [0.05, 0.1) is 6.10 Å². The van der Waals surface area contributed by atoms with Crippen molar-refractivity contribution < 1.29 is 5.11 Å². The maximum atomic E-state index is 9.05. The molecule has 2 N–H and O–H groups in total. The first-order valence-corrected chi connectivity index (χ1v) is 5.85. The summed E-state index contributed by atoms with van der Waals surface area (Å²) in [5.41, 5.74) is 1.63. The van der Waals surface area contributed by atoms with Crippen LogP contribution in [0.15, 0.2) is 11.6 Å². The van der Waals surface area contributed by atoms with E-state index in [4.69, 9.17) is 5.11 Å². The van der Waals surface area contributed by atoms with Crippen molar-refractivity contribution in [1.82, 2.24) is 5.32 Å². The summed E-state index contributed by atoms with van der Waals surface area (Å²) in [5.74, 6) is 0. The Kier molecular flexibility index (Phi) is 5.88. The molecule has 0 aliphatic heterocycles. The van der Waals surface area contributed by atoms with Gasteiger partial charge in [0.15, 0.2) is 0 Å². The Morgan fingerprint density at radius 1 is 1.43 bits per heavy atom. The maximum Gasteiger partial charge on any atom is 0.0524 e. The molecule has 1 unspecified atom stereocenters. The summed E-state index contributed by atoms with van der Waals surface area (Å²) >= 11 is 0. The second-order valence-corrected chi connectivity index (χ2v) is 4.25. The lowest BCUT2D eigenvalue weighted by atomic mass is 9.97. The molecule has 2 heteroatoms. The number of hydrogen-bond donors (Lipinski definition) is 2. The van der Waals surface area contributed by atoms with Crippen LogP contribution in [0, 0.1) is 0 Å². The Balaban J connectivity index is 1.95. The number of aliphatic hydroxyl groups is 1. The zero-order valence-electron chi connectivity index (χ0n) is 9.26. The Bertz CT molecular complexity index is 175. The summed E-state index contributed by atoms with van der Waals surface area (Å²) in [4.78, 5) is 0. The Hall–Kier alpha value is -0.340. The van der Waals surface area contributed by atoms with Crippen molar-refractivity contribution in [2.45, 2.75) is 51.6 Å². The summed E-state index contributed by atoms with van der Waals surface area (Å²) in [6.45, 7) is 3.84. The molecule has 0 spiro atoms. The van der Waals surface area contributed by atoms with Gasteiger partial charge in [-0.05, 0) is 58.5 Å². The van der Waals surface area contributed by atoms with Crippen molar-refractivity contribution in [3.05, 3.63) is 11.6 Å². The number of allylic oxidation sites excluding steroid dienone is 1. The third-order valence-electron chi connectivity index (χ3n) is 2.75. The fourth-order valence-corrected chi connectivity index (χ4v) is 1.82. The van der Waals surface area contributed by atoms with Gasteiger partial charge in [0, 0.05) is 0 Å². The molecule has 0 bridgehead atoms. The minimum absolute atomic E-state index is 0.170. The van der Waals surface area contributed by atoms with Crippen LogP contribution in [0.25, 0.3) is 0 Å². The standard InChI is InChI=1S/C12H23NO/c1-11(14)7-9-13-10-8-12-5-3-2-4-6-12/h5,11,13-14H,2-4,6-10H2,1H3. The number of nitrogens with one attached hydrogen (secondary N) is 1. The van der Waals surface area contributed by atoms with E-state index < -0.39 is 0 Å². The molecule has 1 aliphatic rings.